The second-order valence-corrected chi connectivity index (χ2v) is 4.67. The highest BCUT2D eigenvalue weighted by Gasteiger charge is 2.28. The molecule has 98 valence electrons. The van der Waals surface area contributed by atoms with Gasteiger partial charge in [-0.2, -0.15) is 0 Å². The van der Waals surface area contributed by atoms with Gasteiger partial charge in [-0.25, -0.2) is 10.8 Å². The van der Waals surface area contributed by atoms with Crippen molar-refractivity contribution in [2.75, 3.05) is 25.1 Å². The highest BCUT2D eigenvalue weighted by Crippen LogP contribution is 2.22. The van der Waals surface area contributed by atoms with Crippen molar-refractivity contribution in [2.45, 2.75) is 6.42 Å². The number of nitrogen functional groups attached to an aromatic ring is 1. The van der Waals surface area contributed by atoms with E-state index in [1.807, 2.05) is 0 Å². The van der Waals surface area contributed by atoms with Gasteiger partial charge in [-0.3, -0.25) is 4.79 Å². The average molecular weight is 271 g/mol. The quantitative estimate of drug-likeness (QED) is 0.549. The highest BCUT2D eigenvalue weighted by molar-refractivity contribution is 6.33. The number of aromatic nitrogens is 1. The maximum absolute atomic E-state index is 12.2. The molecule has 0 aliphatic carbocycles. The van der Waals surface area contributed by atoms with Gasteiger partial charge in [-0.15, -0.1) is 0 Å². The molecule has 4 N–H and O–H groups in total. The molecule has 1 aromatic heterocycles. The van der Waals surface area contributed by atoms with Gasteiger partial charge in [0.1, 0.15) is 11.5 Å². The van der Waals surface area contributed by atoms with Crippen LogP contribution in [0.2, 0.25) is 5.02 Å². The van der Waals surface area contributed by atoms with E-state index < -0.39 is 0 Å². The van der Waals surface area contributed by atoms with E-state index in [0.29, 0.717) is 23.9 Å². The van der Waals surface area contributed by atoms with Crippen LogP contribution in [-0.2, 0) is 0 Å². The third-order valence-corrected chi connectivity index (χ3v) is 3.33. The lowest BCUT2D eigenvalue weighted by molar-refractivity contribution is 0.0776. The van der Waals surface area contributed by atoms with Crippen LogP contribution in [0.4, 0.5) is 5.82 Å². The predicted molar refractivity (Wildman–Crippen MR) is 68.2 cm³/mol. The maximum atomic E-state index is 12.2. The van der Waals surface area contributed by atoms with E-state index in [0.717, 1.165) is 6.42 Å². The fourth-order valence-electron chi connectivity index (χ4n) is 1.99. The number of hydrazine groups is 1. The summed E-state index contributed by atoms with van der Waals surface area (Å²) in [6.45, 7) is 1.24. The van der Waals surface area contributed by atoms with Gasteiger partial charge < -0.3 is 15.4 Å². The molecule has 0 bridgehead atoms. The summed E-state index contributed by atoms with van der Waals surface area (Å²) in [5.74, 6) is 5.56. The van der Waals surface area contributed by atoms with Crippen molar-refractivity contribution >= 4 is 23.3 Å². The van der Waals surface area contributed by atoms with Crippen molar-refractivity contribution in [1.82, 2.24) is 9.88 Å². The first kappa shape index (κ1) is 13.1. The first-order chi connectivity index (χ1) is 8.65. The topological polar surface area (TPSA) is 91.5 Å². The maximum Gasteiger partial charge on any atom is 0.274 e. The zero-order valence-electron chi connectivity index (χ0n) is 9.77. The van der Waals surface area contributed by atoms with Crippen LogP contribution >= 0.6 is 11.6 Å². The summed E-state index contributed by atoms with van der Waals surface area (Å²) >= 11 is 5.97. The number of pyridine rings is 1. The van der Waals surface area contributed by atoms with Crippen molar-refractivity contribution in [3.05, 3.63) is 22.8 Å². The molecule has 1 aliphatic heterocycles. The molecule has 1 aromatic rings. The van der Waals surface area contributed by atoms with Crippen molar-refractivity contribution in [3.8, 4) is 0 Å². The predicted octanol–water partition coefficient (Wildman–Crippen LogP) is 0.475. The second-order valence-electron chi connectivity index (χ2n) is 4.26. The van der Waals surface area contributed by atoms with Gasteiger partial charge in [-0.05, 0) is 18.6 Å². The number of likely N-dealkylation sites (tertiary alicyclic amines) is 1. The van der Waals surface area contributed by atoms with Crippen LogP contribution in [0, 0.1) is 5.92 Å². The van der Waals surface area contributed by atoms with E-state index in [1.54, 1.807) is 17.0 Å². The van der Waals surface area contributed by atoms with E-state index in [4.69, 9.17) is 22.6 Å². The first-order valence-electron chi connectivity index (χ1n) is 5.69. The third-order valence-electron chi connectivity index (χ3n) is 3.03. The molecular weight excluding hydrogens is 256 g/mol. The molecule has 1 saturated heterocycles. The van der Waals surface area contributed by atoms with E-state index in [2.05, 4.69) is 10.4 Å². The number of amides is 1. The van der Waals surface area contributed by atoms with Crippen molar-refractivity contribution in [3.63, 3.8) is 0 Å². The Hall–Kier alpha value is -1.37. The number of nitrogens with one attached hydrogen (secondary N) is 1. The number of hydrogen-bond donors (Lipinski definition) is 3. The van der Waals surface area contributed by atoms with Gasteiger partial charge in [-0.1, -0.05) is 11.6 Å². The van der Waals surface area contributed by atoms with E-state index >= 15 is 0 Å². The standard InChI is InChI=1S/C11H15ClN4O2/c12-8-1-2-9(15-13)14-10(8)11(18)16-4-3-7(5-16)6-17/h1-2,7,17H,3-6,13H2,(H,14,15). The zero-order valence-corrected chi connectivity index (χ0v) is 10.5. The Bertz CT molecular complexity index is 455. The molecule has 0 saturated carbocycles. The van der Waals surface area contributed by atoms with Gasteiger partial charge in [0.2, 0.25) is 0 Å². The van der Waals surface area contributed by atoms with Gasteiger partial charge in [0.25, 0.3) is 5.91 Å². The Kier molecular flexibility index (Phi) is 4.00. The monoisotopic (exact) mass is 270 g/mol. The number of rotatable bonds is 3. The summed E-state index contributed by atoms with van der Waals surface area (Å²) < 4.78 is 0. The van der Waals surface area contributed by atoms with Crippen LogP contribution in [0.1, 0.15) is 16.9 Å². The molecule has 0 radical (unpaired) electrons. The lowest BCUT2D eigenvalue weighted by Gasteiger charge is -2.16. The number of nitrogens with zero attached hydrogens (tertiary/aromatic N) is 2. The Balaban J connectivity index is 2.18. The minimum absolute atomic E-state index is 0.0926. The molecule has 1 unspecified atom stereocenters. The summed E-state index contributed by atoms with van der Waals surface area (Å²) in [7, 11) is 0. The summed E-state index contributed by atoms with van der Waals surface area (Å²) in [6, 6.07) is 3.18. The SMILES string of the molecule is NNc1ccc(Cl)c(C(=O)N2CCC(CO)C2)n1. The van der Waals surface area contributed by atoms with Crippen molar-refractivity contribution in [1.29, 1.82) is 0 Å². The number of halogens is 1. The summed E-state index contributed by atoms with van der Waals surface area (Å²) in [5.41, 5.74) is 2.57. The van der Waals surface area contributed by atoms with Gasteiger partial charge in [0.05, 0.1) is 5.02 Å². The van der Waals surface area contributed by atoms with Crippen LogP contribution in [0.15, 0.2) is 12.1 Å². The van der Waals surface area contributed by atoms with Gasteiger partial charge in [0.15, 0.2) is 0 Å². The Morgan fingerprint density at radius 3 is 3.06 bits per heavy atom. The largest absolute Gasteiger partial charge is 0.396 e. The molecule has 7 heteroatoms. The number of carbonyl (C=O) groups excluding carboxylic acids is 1. The molecule has 1 atom stereocenters. The zero-order chi connectivity index (χ0) is 13.1. The average Bonchev–Trinajstić information content (AvgIpc) is 2.87. The second kappa shape index (κ2) is 5.51. The smallest absolute Gasteiger partial charge is 0.274 e. The molecule has 1 fully saturated rings. The fraction of sp³-hybridized carbons (Fsp3) is 0.455. The first-order valence-corrected chi connectivity index (χ1v) is 6.06. The number of anilines is 1. The Labute approximate surface area is 110 Å². The lowest BCUT2D eigenvalue weighted by Crippen LogP contribution is -2.30. The Morgan fingerprint density at radius 1 is 1.67 bits per heavy atom. The summed E-state index contributed by atoms with van der Waals surface area (Å²) in [4.78, 5) is 17.9. The summed E-state index contributed by atoms with van der Waals surface area (Å²) in [6.07, 6.45) is 0.800. The number of nitrogens with two attached hydrogens (primary N) is 1. The van der Waals surface area contributed by atoms with E-state index in [-0.39, 0.29) is 24.1 Å². The van der Waals surface area contributed by atoms with Crippen LogP contribution < -0.4 is 11.3 Å². The van der Waals surface area contributed by atoms with Crippen LogP contribution in [0.5, 0.6) is 0 Å². The molecule has 1 aliphatic rings. The minimum atomic E-state index is -0.229. The van der Waals surface area contributed by atoms with Gasteiger partial charge in [0, 0.05) is 25.6 Å². The number of hydrogen-bond acceptors (Lipinski definition) is 5. The number of aliphatic hydroxyl groups is 1. The fourth-order valence-corrected chi connectivity index (χ4v) is 2.17. The third kappa shape index (κ3) is 2.55. The molecule has 1 amide bonds. The summed E-state index contributed by atoms with van der Waals surface area (Å²) in [5, 5.41) is 9.36. The normalized spacial score (nSPS) is 19.1. The van der Waals surface area contributed by atoms with Crippen LogP contribution in [-0.4, -0.2) is 40.6 Å². The van der Waals surface area contributed by atoms with Gasteiger partial charge >= 0.3 is 0 Å². The number of carbonyl (C=O) groups is 1. The molecule has 2 heterocycles. The lowest BCUT2D eigenvalue weighted by atomic mass is 10.1. The highest BCUT2D eigenvalue weighted by atomic mass is 35.5. The van der Waals surface area contributed by atoms with E-state index in [9.17, 15) is 4.79 Å². The van der Waals surface area contributed by atoms with E-state index in [1.165, 1.54) is 0 Å². The molecule has 0 spiro atoms. The van der Waals surface area contributed by atoms with Crippen molar-refractivity contribution in [2.24, 2.45) is 11.8 Å². The molecule has 18 heavy (non-hydrogen) atoms. The van der Waals surface area contributed by atoms with Crippen LogP contribution in [0.25, 0.3) is 0 Å². The van der Waals surface area contributed by atoms with Crippen LogP contribution in [0.3, 0.4) is 0 Å². The molecular formula is C11H15ClN4O2. The molecule has 0 aromatic carbocycles. The number of aliphatic hydroxyl groups excluding tert-OH is 1. The van der Waals surface area contributed by atoms with Crippen molar-refractivity contribution < 1.29 is 9.90 Å². The Morgan fingerprint density at radius 2 is 2.44 bits per heavy atom. The molecule has 6 nitrogen and oxygen atoms in total. The molecule has 2 rings (SSSR count). The minimum Gasteiger partial charge on any atom is -0.396 e.